The van der Waals surface area contributed by atoms with Gasteiger partial charge in [-0.2, -0.15) is 11.8 Å². The number of carbonyl (C=O) groups is 2. The minimum absolute atomic E-state index is 0.141. The van der Waals surface area contributed by atoms with Crippen molar-refractivity contribution in [2.24, 2.45) is 0 Å². The van der Waals surface area contributed by atoms with E-state index in [9.17, 15) is 9.59 Å². The SMILES string of the molecule is CCCNC(=O)C(C)NC(=O)c1c(-n2cccc2)sc2c1CCSC2. The van der Waals surface area contributed by atoms with E-state index in [1.807, 2.05) is 47.8 Å². The maximum atomic E-state index is 13.0. The number of amides is 2. The molecule has 0 spiro atoms. The van der Waals surface area contributed by atoms with E-state index in [0.29, 0.717) is 6.54 Å². The minimum Gasteiger partial charge on any atom is -0.354 e. The lowest BCUT2D eigenvalue weighted by Gasteiger charge is -2.16. The molecule has 1 aliphatic rings. The molecule has 1 atom stereocenters. The average Bonchev–Trinajstić information content (AvgIpc) is 3.26. The Bertz CT molecular complexity index is 753. The molecular formula is C18H23N3O2S2. The standard InChI is InChI=1S/C18H23N3O2S2/c1-3-7-19-16(22)12(2)20-17(23)15-13-6-10-24-11-14(13)25-18(15)21-8-4-5-9-21/h4-5,8-9,12H,3,6-7,10-11H2,1-2H3,(H,19,22)(H,20,23). The van der Waals surface area contributed by atoms with Crippen LogP contribution in [0.1, 0.15) is 41.1 Å². The summed E-state index contributed by atoms with van der Waals surface area (Å²) >= 11 is 3.58. The molecule has 1 aliphatic heterocycles. The highest BCUT2D eigenvalue weighted by molar-refractivity contribution is 7.98. The van der Waals surface area contributed by atoms with Crippen molar-refractivity contribution in [3.63, 3.8) is 0 Å². The molecule has 2 aromatic rings. The number of aromatic nitrogens is 1. The Morgan fingerprint density at radius 2 is 2.08 bits per heavy atom. The molecular weight excluding hydrogens is 354 g/mol. The number of rotatable bonds is 6. The number of thioether (sulfide) groups is 1. The topological polar surface area (TPSA) is 63.1 Å². The summed E-state index contributed by atoms with van der Waals surface area (Å²) in [6.07, 6.45) is 5.69. The Kier molecular flexibility index (Phi) is 5.86. The molecule has 134 valence electrons. The largest absolute Gasteiger partial charge is 0.354 e. The van der Waals surface area contributed by atoms with Crippen LogP contribution < -0.4 is 10.6 Å². The molecule has 0 fully saturated rings. The van der Waals surface area contributed by atoms with E-state index in [-0.39, 0.29) is 11.8 Å². The van der Waals surface area contributed by atoms with Crippen LogP contribution in [0, 0.1) is 0 Å². The highest BCUT2D eigenvalue weighted by atomic mass is 32.2. The molecule has 0 saturated heterocycles. The summed E-state index contributed by atoms with van der Waals surface area (Å²) in [5, 5.41) is 6.65. The first kappa shape index (κ1) is 18.1. The molecule has 2 aromatic heterocycles. The van der Waals surface area contributed by atoms with E-state index in [1.54, 1.807) is 18.3 Å². The molecule has 25 heavy (non-hydrogen) atoms. The number of thiophene rings is 1. The van der Waals surface area contributed by atoms with Crippen LogP contribution in [0.25, 0.3) is 5.00 Å². The molecule has 2 amide bonds. The summed E-state index contributed by atoms with van der Waals surface area (Å²) in [6.45, 7) is 4.36. The molecule has 0 radical (unpaired) electrons. The van der Waals surface area contributed by atoms with Gasteiger partial charge < -0.3 is 15.2 Å². The summed E-state index contributed by atoms with van der Waals surface area (Å²) in [4.78, 5) is 26.3. The van der Waals surface area contributed by atoms with Gasteiger partial charge in [-0.05, 0) is 43.2 Å². The van der Waals surface area contributed by atoms with Gasteiger partial charge in [-0.3, -0.25) is 9.59 Å². The van der Waals surface area contributed by atoms with Gasteiger partial charge in [0.2, 0.25) is 5.91 Å². The fraction of sp³-hybridized carbons (Fsp3) is 0.444. The molecule has 0 aliphatic carbocycles. The number of nitrogens with one attached hydrogen (secondary N) is 2. The summed E-state index contributed by atoms with van der Waals surface area (Å²) in [5.74, 6) is 1.68. The van der Waals surface area contributed by atoms with Gasteiger partial charge in [-0.1, -0.05) is 6.92 Å². The predicted molar refractivity (Wildman–Crippen MR) is 104 cm³/mol. The third kappa shape index (κ3) is 3.93. The smallest absolute Gasteiger partial charge is 0.255 e. The Labute approximate surface area is 156 Å². The van der Waals surface area contributed by atoms with E-state index in [0.717, 1.165) is 40.5 Å². The van der Waals surface area contributed by atoms with Crippen molar-refractivity contribution in [3.8, 4) is 5.00 Å². The summed E-state index contributed by atoms with van der Waals surface area (Å²) in [7, 11) is 0. The van der Waals surface area contributed by atoms with Crippen molar-refractivity contribution in [2.75, 3.05) is 12.3 Å². The van der Waals surface area contributed by atoms with Gasteiger partial charge in [-0.15, -0.1) is 11.3 Å². The quantitative estimate of drug-likeness (QED) is 0.813. The van der Waals surface area contributed by atoms with Gasteiger partial charge in [0, 0.05) is 29.6 Å². The third-order valence-electron chi connectivity index (χ3n) is 4.16. The van der Waals surface area contributed by atoms with Crippen molar-refractivity contribution >= 4 is 34.9 Å². The molecule has 3 rings (SSSR count). The first-order chi connectivity index (χ1) is 12.1. The third-order valence-corrected chi connectivity index (χ3v) is 6.57. The highest BCUT2D eigenvalue weighted by Gasteiger charge is 2.27. The molecule has 2 N–H and O–H groups in total. The molecule has 5 nitrogen and oxygen atoms in total. The van der Waals surface area contributed by atoms with Crippen LogP contribution in [0.2, 0.25) is 0 Å². The van der Waals surface area contributed by atoms with Crippen molar-refractivity contribution < 1.29 is 9.59 Å². The van der Waals surface area contributed by atoms with Crippen LogP contribution in [0.5, 0.6) is 0 Å². The number of nitrogens with zero attached hydrogens (tertiary/aromatic N) is 1. The average molecular weight is 378 g/mol. The van der Waals surface area contributed by atoms with Gasteiger partial charge in [0.05, 0.1) is 5.56 Å². The zero-order valence-electron chi connectivity index (χ0n) is 14.5. The number of hydrogen-bond acceptors (Lipinski definition) is 4. The van der Waals surface area contributed by atoms with Crippen molar-refractivity contribution in [1.29, 1.82) is 0 Å². The Balaban J connectivity index is 1.86. The second-order valence-corrected chi connectivity index (χ2v) is 8.25. The Hall–Kier alpha value is -1.73. The molecule has 3 heterocycles. The Morgan fingerprint density at radius 3 is 2.80 bits per heavy atom. The molecule has 1 unspecified atom stereocenters. The van der Waals surface area contributed by atoms with E-state index in [2.05, 4.69) is 10.6 Å². The van der Waals surface area contributed by atoms with Crippen LogP contribution >= 0.6 is 23.1 Å². The lowest BCUT2D eigenvalue weighted by Crippen LogP contribution is -2.45. The second kappa shape index (κ2) is 8.10. The van der Waals surface area contributed by atoms with E-state index < -0.39 is 6.04 Å². The zero-order valence-corrected chi connectivity index (χ0v) is 16.1. The van der Waals surface area contributed by atoms with Crippen LogP contribution in [-0.2, 0) is 17.0 Å². The van der Waals surface area contributed by atoms with Gasteiger partial charge in [-0.25, -0.2) is 0 Å². The normalized spacial score (nSPS) is 14.6. The van der Waals surface area contributed by atoms with Gasteiger partial charge >= 0.3 is 0 Å². The second-order valence-electron chi connectivity index (χ2n) is 6.06. The van der Waals surface area contributed by atoms with Gasteiger partial charge in [0.25, 0.3) is 5.91 Å². The predicted octanol–water partition coefficient (Wildman–Crippen LogP) is 2.97. The summed E-state index contributed by atoms with van der Waals surface area (Å²) < 4.78 is 1.99. The fourth-order valence-corrected chi connectivity index (χ4v) is 5.28. The van der Waals surface area contributed by atoms with Crippen LogP contribution in [0.4, 0.5) is 0 Å². The van der Waals surface area contributed by atoms with E-state index >= 15 is 0 Å². The van der Waals surface area contributed by atoms with Crippen molar-refractivity contribution in [2.45, 2.75) is 38.5 Å². The number of hydrogen-bond donors (Lipinski definition) is 2. The summed E-state index contributed by atoms with van der Waals surface area (Å²) in [6, 6.07) is 3.36. The first-order valence-electron chi connectivity index (χ1n) is 8.56. The lowest BCUT2D eigenvalue weighted by atomic mass is 10.1. The zero-order chi connectivity index (χ0) is 17.8. The molecule has 0 aromatic carbocycles. The van der Waals surface area contributed by atoms with Gasteiger partial charge in [0.1, 0.15) is 11.0 Å². The van der Waals surface area contributed by atoms with E-state index in [1.165, 1.54) is 4.88 Å². The number of fused-ring (bicyclic) bond motifs is 1. The fourth-order valence-electron chi connectivity index (χ4n) is 2.84. The minimum atomic E-state index is -0.551. The molecule has 7 heteroatoms. The first-order valence-corrected chi connectivity index (χ1v) is 10.5. The maximum Gasteiger partial charge on any atom is 0.255 e. The lowest BCUT2D eigenvalue weighted by molar-refractivity contribution is -0.122. The highest BCUT2D eigenvalue weighted by Crippen LogP contribution is 2.38. The van der Waals surface area contributed by atoms with Crippen LogP contribution in [0.3, 0.4) is 0 Å². The molecule has 0 saturated carbocycles. The molecule has 0 bridgehead atoms. The van der Waals surface area contributed by atoms with Crippen molar-refractivity contribution in [1.82, 2.24) is 15.2 Å². The number of carbonyl (C=O) groups excluding carboxylic acids is 2. The Morgan fingerprint density at radius 1 is 1.32 bits per heavy atom. The maximum absolute atomic E-state index is 13.0. The monoisotopic (exact) mass is 377 g/mol. The van der Waals surface area contributed by atoms with Crippen LogP contribution in [-0.4, -0.2) is 34.7 Å². The summed E-state index contributed by atoms with van der Waals surface area (Å²) in [5.41, 5.74) is 1.87. The van der Waals surface area contributed by atoms with Gasteiger partial charge in [0.15, 0.2) is 0 Å². The van der Waals surface area contributed by atoms with E-state index in [4.69, 9.17) is 0 Å². The van der Waals surface area contributed by atoms with Crippen molar-refractivity contribution in [3.05, 3.63) is 40.5 Å². The van der Waals surface area contributed by atoms with Crippen LogP contribution in [0.15, 0.2) is 24.5 Å².